The lowest BCUT2D eigenvalue weighted by atomic mass is 10.1. The smallest absolute Gasteiger partial charge is 0.417 e. The summed E-state index contributed by atoms with van der Waals surface area (Å²) in [7, 11) is 0. The van der Waals surface area contributed by atoms with Crippen LogP contribution in [0.25, 0.3) is 0 Å². The number of carbonyl (C=O) groups is 3. The number of amides is 2. The first kappa shape index (κ1) is 13.4. The summed E-state index contributed by atoms with van der Waals surface area (Å²) >= 11 is 0. The molecule has 0 aliphatic carbocycles. The van der Waals surface area contributed by atoms with Gasteiger partial charge in [0.05, 0.1) is 12.1 Å². The quantitative estimate of drug-likeness (QED) is 0.653. The SMILES string of the molecule is CC(=O)C1=C(C)CN(C(=O)OC(C)(C)C)C1=O. The van der Waals surface area contributed by atoms with E-state index in [4.69, 9.17) is 4.74 Å². The third kappa shape index (κ3) is 2.93. The molecule has 94 valence electrons. The number of imide groups is 1. The number of hydrogen-bond acceptors (Lipinski definition) is 4. The van der Waals surface area contributed by atoms with Gasteiger partial charge in [-0.2, -0.15) is 0 Å². The Balaban J connectivity index is 2.84. The topological polar surface area (TPSA) is 63.7 Å². The van der Waals surface area contributed by atoms with Crippen LogP contribution in [0.5, 0.6) is 0 Å². The van der Waals surface area contributed by atoms with Gasteiger partial charge in [-0.05, 0) is 40.2 Å². The number of Topliss-reactive ketones (excluding diaryl/α,β-unsaturated/α-hetero) is 1. The lowest BCUT2D eigenvalue weighted by Gasteiger charge is -2.23. The Hall–Kier alpha value is -1.65. The molecule has 0 bridgehead atoms. The predicted octanol–water partition coefficient (Wildman–Crippen LogP) is 1.67. The van der Waals surface area contributed by atoms with Gasteiger partial charge in [0.25, 0.3) is 5.91 Å². The van der Waals surface area contributed by atoms with Crippen molar-refractivity contribution in [3.8, 4) is 0 Å². The minimum atomic E-state index is -0.710. The van der Waals surface area contributed by atoms with E-state index in [0.717, 1.165) is 4.90 Å². The van der Waals surface area contributed by atoms with E-state index in [-0.39, 0.29) is 17.9 Å². The molecule has 1 aliphatic rings. The van der Waals surface area contributed by atoms with Gasteiger partial charge >= 0.3 is 6.09 Å². The molecule has 17 heavy (non-hydrogen) atoms. The van der Waals surface area contributed by atoms with Crippen molar-refractivity contribution < 1.29 is 19.1 Å². The Kier molecular flexibility index (Phi) is 3.40. The van der Waals surface area contributed by atoms with Crippen LogP contribution in [-0.2, 0) is 14.3 Å². The summed E-state index contributed by atoms with van der Waals surface area (Å²) in [6, 6.07) is 0. The molecule has 0 aromatic heterocycles. The summed E-state index contributed by atoms with van der Waals surface area (Å²) in [5, 5.41) is 0. The first-order chi connectivity index (χ1) is 7.63. The van der Waals surface area contributed by atoms with E-state index >= 15 is 0 Å². The normalized spacial score (nSPS) is 16.5. The maximum absolute atomic E-state index is 11.8. The lowest BCUT2D eigenvalue weighted by molar-refractivity contribution is -0.127. The molecule has 1 heterocycles. The van der Waals surface area contributed by atoms with Gasteiger partial charge in [-0.3, -0.25) is 9.59 Å². The highest BCUT2D eigenvalue weighted by Crippen LogP contribution is 2.21. The number of carbonyl (C=O) groups excluding carboxylic acids is 3. The fraction of sp³-hybridized carbons (Fsp3) is 0.583. The molecule has 0 aromatic rings. The van der Waals surface area contributed by atoms with E-state index in [1.807, 2.05) is 0 Å². The van der Waals surface area contributed by atoms with Gasteiger partial charge in [0, 0.05) is 0 Å². The highest BCUT2D eigenvalue weighted by atomic mass is 16.6. The molecule has 0 unspecified atom stereocenters. The van der Waals surface area contributed by atoms with E-state index in [1.54, 1.807) is 27.7 Å². The molecule has 0 radical (unpaired) electrons. The summed E-state index contributed by atoms with van der Waals surface area (Å²) in [6.45, 7) is 8.27. The Morgan fingerprint density at radius 1 is 1.29 bits per heavy atom. The van der Waals surface area contributed by atoms with Gasteiger partial charge in [-0.1, -0.05) is 0 Å². The zero-order valence-electron chi connectivity index (χ0n) is 10.8. The summed E-state index contributed by atoms with van der Waals surface area (Å²) in [6.07, 6.45) is -0.710. The predicted molar refractivity (Wildman–Crippen MR) is 61.3 cm³/mol. The molecule has 0 saturated carbocycles. The van der Waals surface area contributed by atoms with E-state index in [9.17, 15) is 14.4 Å². The van der Waals surface area contributed by atoms with Crippen LogP contribution in [-0.4, -0.2) is 34.8 Å². The number of ketones is 1. The van der Waals surface area contributed by atoms with Crippen LogP contribution in [0.4, 0.5) is 4.79 Å². The largest absolute Gasteiger partial charge is 0.443 e. The lowest BCUT2D eigenvalue weighted by Crippen LogP contribution is -2.39. The second kappa shape index (κ2) is 4.31. The molecule has 5 heteroatoms. The van der Waals surface area contributed by atoms with Crippen molar-refractivity contribution in [3.63, 3.8) is 0 Å². The molecule has 0 spiro atoms. The van der Waals surface area contributed by atoms with Gasteiger partial charge in [-0.25, -0.2) is 9.69 Å². The van der Waals surface area contributed by atoms with Crippen LogP contribution in [0.2, 0.25) is 0 Å². The Morgan fingerprint density at radius 3 is 2.18 bits per heavy atom. The van der Waals surface area contributed by atoms with E-state index < -0.39 is 17.6 Å². The van der Waals surface area contributed by atoms with Gasteiger partial charge in [0.2, 0.25) is 0 Å². The van der Waals surface area contributed by atoms with Gasteiger partial charge < -0.3 is 4.74 Å². The van der Waals surface area contributed by atoms with Crippen molar-refractivity contribution in [2.45, 2.75) is 40.2 Å². The van der Waals surface area contributed by atoms with Gasteiger partial charge in [0.15, 0.2) is 5.78 Å². The molecule has 0 atom stereocenters. The van der Waals surface area contributed by atoms with Crippen molar-refractivity contribution in [2.75, 3.05) is 6.54 Å². The Labute approximate surface area is 100 Å². The van der Waals surface area contributed by atoms with Crippen LogP contribution in [0, 0.1) is 0 Å². The van der Waals surface area contributed by atoms with Crippen LogP contribution < -0.4 is 0 Å². The van der Waals surface area contributed by atoms with E-state index in [2.05, 4.69) is 0 Å². The Morgan fingerprint density at radius 2 is 1.82 bits per heavy atom. The first-order valence-corrected chi connectivity index (χ1v) is 5.39. The van der Waals surface area contributed by atoms with Crippen molar-refractivity contribution in [1.82, 2.24) is 4.90 Å². The standard InChI is InChI=1S/C12H17NO4/c1-7-6-13(10(15)9(7)8(2)14)11(16)17-12(3,4)5/h6H2,1-5H3. The third-order valence-electron chi connectivity index (χ3n) is 2.25. The number of hydrogen-bond donors (Lipinski definition) is 0. The second-order valence-electron chi connectivity index (χ2n) is 5.08. The van der Waals surface area contributed by atoms with Crippen LogP contribution in [0.15, 0.2) is 11.1 Å². The molecular weight excluding hydrogens is 222 g/mol. The van der Waals surface area contributed by atoms with Gasteiger partial charge in [0.1, 0.15) is 5.60 Å². The van der Waals surface area contributed by atoms with Crippen molar-refractivity contribution in [1.29, 1.82) is 0 Å². The minimum absolute atomic E-state index is 0.0934. The fourth-order valence-corrected chi connectivity index (χ4v) is 1.62. The zero-order chi connectivity index (χ0) is 13.4. The molecule has 0 fully saturated rings. The maximum Gasteiger partial charge on any atom is 0.417 e. The zero-order valence-corrected chi connectivity index (χ0v) is 10.8. The molecule has 0 N–H and O–H groups in total. The van der Waals surface area contributed by atoms with Crippen molar-refractivity contribution in [2.24, 2.45) is 0 Å². The molecule has 0 saturated heterocycles. The molecule has 5 nitrogen and oxygen atoms in total. The summed E-state index contributed by atoms with van der Waals surface area (Å²) < 4.78 is 5.10. The summed E-state index contributed by atoms with van der Waals surface area (Å²) in [4.78, 5) is 35.8. The average molecular weight is 239 g/mol. The fourth-order valence-electron chi connectivity index (χ4n) is 1.62. The summed E-state index contributed by atoms with van der Waals surface area (Å²) in [5.74, 6) is -0.886. The van der Waals surface area contributed by atoms with Crippen LogP contribution in [0.3, 0.4) is 0 Å². The van der Waals surface area contributed by atoms with Crippen molar-refractivity contribution >= 4 is 17.8 Å². The number of ether oxygens (including phenoxy) is 1. The highest BCUT2D eigenvalue weighted by molar-refractivity contribution is 6.23. The number of rotatable bonds is 1. The van der Waals surface area contributed by atoms with Crippen LogP contribution in [0.1, 0.15) is 34.6 Å². The summed E-state index contributed by atoms with van der Waals surface area (Å²) in [5.41, 5.74) is 0.0359. The molecule has 1 rings (SSSR count). The monoisotopic (exact) mass is 239 g/mol. The van der Waals surface area contributed by atoms with Gasteiger partial charge in [-0.15, -0.1) is 0 Å². The highest BCUT2D eigenvalue weighted by Gasteiger charge is 2.37. The third-order valence-corrected chi connectivity index (χ3v) is 2.25. The molecular formula is C12H17NO4. The second-order valence-corrected chi connectivity index (χ2v) is 5.08. The van der Waals surface area contributed by atoms with Crippen molar-refractivity contribution in [3.05, 3.63) is 11.1 Å². The Bertz CT molecular complexity index is 415. The maximum atomic E-state index is 11.8. The molecule has 0 aromatic carbocycles. The molecule has 2 amide bonds. The number of nitrogens with zero attached hydrogens (tertiary/aromatic N) is 1. The first-order valence-electron chi connectivity index (χ1n) is 5.39. The average Bonchev–Trinajstić information content (AvgIpc) is 2.38. The van der Waals surface area contributed by atoms with E-state index in [1.165, 1.54) is 6.92 Å². The minimum Gasteiger partial charge on any atom is -0.443 e. The molecule has 1 aliphatic heterocycles. The van der Waals surface area contributed by atoms with E-state index in [0.29, 0.717) is 5.57 Å². The van der Waals surface area contributed by atoms with Crippen LogP contribution >= 0.6 is 0 Å².